The second kappa shape index (κ2) is 5.78. The summed E-state index contributed by atoms with van der Waals surface area (Å²) in [6, 6.07) is 1.54. The molecule has 0 fully saturated rings. The number of sulfonamides is 1. The summed E-state index contributed by atoms with van der Waals surface area (Å²) in [5, 5.41) is 6.02. The number of rotatable bonds is 6. The van der Waals surface area contributed by atoms with Gasteiger partial charge >= 0.3 is 0 Å². The Balaban J connectivity index is 2.65. The van der Waals surface area contributed by atoms with Crippen LogP contribution in [-0.2, 0) is 14.8 Å². The lowest BCUT2D eigenvalue weighted by Crippen LogP contribution is -2.37. The molecule has 0 saturated carbocycles. The minimum absolute atomic E-state index is 0.0735. The van der Waals surface area contributed by atoms with Gasteiger partial charge in [-0.1, -0.05) is 11.2 Å². The van der Waals surface area contributed by atoms with Gasteiger partial charge in [-0.05, 0) is 6.92 Å². The topological polar surface area (TPSA) is 92.5 Å². The molecule has 1 amide bonds. The molecule has 0 atom stereocenters. The Morgan fingerprint density at radius 1 is 1.67 bits per heavy atom. The fraction of sp³-hybridized carbons (Fsp3) is 0.400. The molecule has 1 N–H and O–H groups in total. The predicted molar refractivity (Wildman–Crippen MR) is 66.5 cm³/mol. The molecule has 0 bridgehead atoms. The number of aromatic nitrogens is 1. The number of aryl methyl sites for hydroxylation is 1. The zero-order valence-electron chi connectivity index (χ0n) is 10.2. The van der Waals surface area contributed by atoms with Crippen LogP contribution in [0.2, 0.25) is 0 Å². The second-order valence-corrected chi connectivity index (χ2v) is 5.70. The van der Waals surface area contributed by atoms with Gasteiger partial charge in [0, 0.05) is 12.6 Å². The van der Waals surface area contributed by atoms with E-state index >= 15 is 0 Å². The maximum Gasteiger partial charge on any atom is 0.240 e. The molecule has 0 unspecified atom stereocenters. The molecule has 0 aromatic carbocycles. The molecule has 18 heavy (non-hydrogen) atoms. The minimum Gasteiger partial charge on any atom is -0.360 e. The van der Waals surface area contributed by atoms with Gasteiger partial charge in [0.1, 0.15) is 5.76 Å². The molecule has 0 aliphatic carbocycles. The van der Waals surface area contributed by atoms with Crippen molar-refractivity contribution in [2.75, 3.05) is 24.7 Å². The van der Waals surface area contributed by atoms with Crippen LogP contribution in [0.3, 0.4) is 0 Å². The summed E-state index contributed by atoms with van der Waals surface area (Å²) in [7, 11) is -3.45. The Labute approximate surface area is 105 Å². The molecule has 0 aliphatic heterocycles. The molecule has 0 spiro atoms. The summed E-state index contributed by atoms with van der Waals surface area (Å²) in [4.78, 5) is 11.6. The molecule has 1 rings (SSSR count). The smallest absolute Gasteiger partial charge is 0.240 e. The average Bonchev–Trinajstić information content (AvgIpc) is 2.62. The highest BCUT2D eigenvalue weighted by Crippen LogP contribution is 2.07. The SMILES string of the molecule is C=CCN(CC(=O)Nc1cc(C)on1)S(C)(=O)=O. The number of amides is 1. The molecule has 8 heteroatoms. The van der Waals surface area contributed by atoms with Gasteiger partial charge in [-0.25, -0.2) is 8.42 Å². The monoisotopic (exact) mass is 273 g/mol. The summed E-state index contributed by atoms with van der Waals surface area (Å²) in [6.45, 7) is 4.91. The summed E-state index contributed by atoms with van der Waals surface area (Å²) >= 11 is 0. The molecule has 0 aliphatic rings. The second-order valence-electron chi connectivity index (χ2n) is 3.72. The van der Waals surface area contributed by atoms with Crippen molar-refractivity contribution in [1.29, 1.82) is 0 Å². The van der Waals surface area contributed by atoms with E-state index in [1.807, 2.05) is 0 Å². The van der Waals surface area contributed by atoms with Crippen LogP contribution in [0.15, 0.2) is 23.2 Å². The minimum atomic E-state index is -3.45. The van der Waals surface area contributed by atoms with E-state index in [-0.39, 0.29) is 18.9 Å². The van der Waals surface area contributed by atoms with Crippen molar-refractivity contribution < 1.29 is 17.7 Å². The molecule has 7 nitrogen and oxygen atoms in total. The zero-order valence-corrected chi connectivity index (χ0v) is 11.0. The molecule has 0 saturated heterocycles. The summed E-state index contributed by atoms with van der Waals surface area (Å²) in [5.74, 6) is 0.316. The first-order valence-electron chi connectivity index (χ1n) is 5.12. The molecule has 100 valence electrons. The molecule has 1 heterocycles. The van der Waals surface area contributed by atoms with Gasteiger partial charge in [0.25, 0.3) is 0 Å². The van der Waals surface area contributed by atoms with Crippen molar-refractivity contribution in [2.45, 2.75) is 6.92 Å². The molecular weight excluding hydrogens is 258 g/mol. The van der Waals surface area contributed by atoms with Gasteiger partial charge in [0.05, 0.1) is 12.8 Å². The van der Waals surface area contributed by atoms with E-state index in [1.54, 1.807) is 6.92 Å². The van der Waals surface area contributed by atoms with E-state index in [1.165, 1.54) is 12.1 Å². The zero-order chi connectivity index (χ0) is 13.8. The maximum absolute atomic E-state index is 11.6. The van der Waals surface area contributed by atoms with Crippen molar-refractivity contribution in [3.63, 3.8) is 0 Å². The standard InChI is InChI=1S/C10H15N3O4S/c1-4-5-13(18(3,15)16)7-10(14)11-9-6-8(2)17-12-9/h4,6H,1,5,7H2,2-3H3,(H,11,12,14). The Hall–Kier alpha value is -1.67. The number of nitrogens with one attached hydrogen (secondary N) is 1. The van der Waals surface area contributed by atoms with E-state index < -0.39 is 15.9 Å². The van der Waals surface area contributed by atoms with Crippen LogP contribution in [0.25, 0.3) is 0 Å². The van der Waals surface area contributed by atoms with Crippen molar-refractivity contribution in [3.05, 3.63) is 24.5 Å². The van der Waals surface area contributed by atoms with E-state index in [0.717, 1.165) is 10.6 Å². The largest absolute Gasteiger partial charge is 0.360 e. The summed E-state index contributed by atoms with van der Waals surface area (Å²) < 4.78 is 28.5. The normalized spacial score (nSPS) is 11.5. The van der Waals surface area contributed by atoms with Crippen molar-refractivity contribution >= 4 is 21.7 Å². The molecular formula is C10H15N3O4S. The van der Waals surface area contributed by atoms with E-state index in [0.29, 0.717) is 5.76 Å². The third-order valence-corrected chi connectivity index (χ3v) is 3.23. The number of hydrogen-bond donors (Lipinski definition) is 1. The number of anilines is 1. The number of hydrogen-bond acceptors (Lipinski definition) is 5. The van der Waals surface area contributed by atoms with E-state index in [2.05, 4.69) is 17.1 Å². The van der Waals surface area contributed by atoms with Crippen molar-refractivity contribution in [3.8, 4) is 0 Å². The van der Waals surface area contributed by atoms with Gasteiger partial charge in [-0.2, -0.15) is 4.31 Å². The van der Waals surface area contributed by atoms with Crippen molar-refractivity contribution in [1.82, 2.24) is 9.46 Å². The molecule has 1 aromatic rings. The van der Waals surface area contributed by atoms with Gasteiger partial charge in [0.2, 0.25) is 15.9 Å². The first kappa shape index (κ1) is 14.4. The van der Waals surface area contributed by atoms with Crippen LogP contribution in [-0.4, -0.2) is 43.1 Å². The Bertz CT molecular complexity index is 535. The lowest BCUT2D eigenvalue weighted by atomic mass is 10.4. The van der Waals surface area contributed by atoms with Gasteiger partial charge in [0.15, 0.2) is 5.82 Å². The number of carbonyl (C=O) groups excluding carboxylic acids is 1. The van der Waals surface area contributed by atoms with Crippen molar-refractivity contribution in [2.24, 2.45) is 0 Å². The Morgan fingerprint density at radius 3 is 2.78 bits per heavy atom. The van der Waals surface area contributed by atoms with E-state index in [9.17, 15) is 13.2 Å². The third kappa shape index (κ3) is 4.30. The number of nitrogens with zero attached hydrogens (tertiary/aromatic N) is 2. The number of carbonyl (C=O) groups is 1. The summed E-state index contributed by atoms with van der Waals surface area (Å²) in [5.41, 5.74) is 0. The quantitative estimate of drug-likeness (QED) is 0.756. The van der Waals surface area contributed by atoms with Crippen LogP contribution in [0.1, 0.15) is 5.76 Å². The molecule has 1 aromatic heterocycles. The van der Waals surface area contributed by atoms with Gasteiger partial charge in [-0.15, -0.1) is 6.58 Å². The average molecular weight is 273 g/mol. The fourth-order valence-electron chi connectivity index (χ4n) is 1.23. The Morgan fingerprint density at radius 2 is 2.33 bits per heavy atom. The highest BCUT2D eigenvalue weighted by atomic mass is 32.2. The Kier molecular flexibility index (Phi) is 4.62. The predicted octanol–water partition coefficient (Wildman–Crippen LogP) is 0.369. The van der Waals surface area contributed by atoms with Crippen LogP contribution in [0.4, 0.5) is 5.82 Å². The maximum atomic E-state index is 11.6. The highest BCUT2D eigenvalue weighted by molar-refractivity contribution is 7.88. The van der Waals surface area contributed by atoms with Crippen LogP contribution in [0, 0.1) is 6.92 Å². The summed E-state index contributed by atoms with van der Waals surface area (Å²) in [6.07, 6.45) is 2.44. The van der Waals surface area contributed by atoms with Crippen LogP contribution in [0.5, 0.6) is 0 Å². The van der Waals surface area contributed by atoms with Gasteiger partial charge in [-0.3, -0.25) is 4.79 Å². The lowest BCUT2D eigenvalue weighted by Gasteiger charge is -2.16. The van der Waals surface area contributed by atoms with Crippen LogP contribution < -0.4 is 5.32 Å². The highest BCUT2D eigenvalue weighted by Gasteiger charge is 2.19. The molecule has 0 radical (unpaired) electrons. The van der Waals surface area contributed by atoms with E-state index in [4.69, 9.17) is 4.52 Å². The first-order valence-corrected chi connectivity index (χ1v) is 6.97. The lowest BCUT2D eigenvalue weighted by molar-refractivity contribution is -0.116. The first-order chi connectivity index (χ1) is 8.32. The fourth-order valence-corrected chi connectivity index (χ4v) is 1.96. The third-order valence-electron chi connectivity index (χ3n) is 2.02. The van der Waals surface area contributed by atoms with Crippen LogP contribution >= 0.6 is 0 Å². The van der Waals surface area contributed by atoms with Gasteiger partial charge < -0.3 is 9.84 Å².